The molecule has 12 heterocycles. The molecule has 3 aromatic carbocycles. The van der Waals surface area contributed by atoms with Crippen molar-refractivity contribution in [2.75, 3.05) is 33.6 Å². The van der Waals surface area contributed by atoms with Crippen LogP contribution in [0.3, 0.4) is 0 Å². The van der Waals surface area contributed by atoms with Crippen LogP contribution in [0.1, 0.15) is 66.0 Å². The summed E-state index contributed by atoms with van der Waals surface area (Å²) >= 11 is 14.1. The van der Waals surface area contributed by atoms with Crippen molar-refractivity contribution in [2.24, 2.45) is 0 Å². The molecule has 1 aliphatic rings. The van der Waals surface area contributed by atoms with Gasteiger partial charge in [-0.05, 0) is 94.3 Å². The highest BCUT2D eigenvalue weighted by molar-refractivity contribution is 9.11. The Balaban J connectivity index is 0.000000120. The van der Waals surface area contributed by atoms with Crippen molar-refractivity contribution in [3.8, 4) is 33.8 Å². The molecular formula is C71H64Br4N23O2+. The van der Waals surface area contributed by atoms with Gasteiger partial charge in [-0.3, -0.25) is 10.1 Å². The van der Waals surface area contributed by atoms with Crippen molar-refractivity contribution in [1.29, 1.82) is 0 Å². The topological polar surface area (TPSA) is 289 Å². The number of benzene rings is 3. The Bertz CT molecular complexity index is 5290. The summed E-state index contributed by atoms with van der Waals surface area (Å²) in [5.41, 5.74) is 13.7. The second-order valence-electron chi connectivity index (χ2n) is 23.0. The highest BCUT2D eigenvalue weighted by atomic mass is 79.9. The SMILES string of the molecule is Brc1cnn2c(NCc3cncnc3)cc(-c3ccccc3)nc12.Brc1cnn2c(NCc3cncnc3)cc(C3CCCCC3)nc12.CNc1ccc(CNc2cc(-c3ccccc3)nc3c(Br)cnn23)c[n+]1O.O=c1cc(CNc2cc(-c3ccccc3)nc3c(Br)cnn23)cc[nH]1. The molecule has 0 aliphatic heterocycles. The van der Waals surface area contributed by atoms with Crippen LogP contribution in [0, 0.1) is 0 Å². The first-order valence-corrected chi connectivity index (χ1v) is 35.0. The van der Waals surface area contributed by atoms with Gasteiger partial charge in [-0.1, -0.05) is 115 Å². The minimum atomic E-state index is -0.119. The fourth-order valence-electron chi connectivity index (χ4n) is 11.2. The number of fused-ring (bicyclic) bond motifs is 4. The zero-order valence-electron chi connectivity index (χ0n) is 53.6. The summed E-state index contributed by atoms with van der Waals surface area (Å²) in [5, 5.41) is 44.0. The van der Waals surface area contributed by atoms with Crippen LogP contribution in [0.5, 0.6) is 0 Å². The van der Waals surface area contributed by atoms with E-state index in [4.69, 9.17) is 19.9 Å². The molecule has 1 fully saturated rings. The predicted octanol–water partition coefficient (Wildman–Crippen LogP) is 14.3. The number of hydrogen-bond donors (Lipinski definition) is 7. The van der Waals surface area contributed by atoms with Gasteiger partial charge in [-0.2, -0.15) is 38.5 Å². The zero-order chi connectivity index (χ0) is 68.7. The van der Waals surface area contributed by atoms with Gasteiger partial charge >= 0.3 is 5.82 Å². The molecular weight excluding hydrogens is 1530 g/mol. The summed E-state index contributed by atoms with van der Waals surface area (Å²) in [7, 11) is 1.76. The van der Waals surface area contributed by atoms with E-state index >= 15 is 0 Å². The van der Waals surface area contributed by atoms with Crippen molar-refractivity contribution < 1.29 is 9.94 Å². The van der Waals surface area contributed by atoms with Gasteiger partial charge in [-0.15, -0.1) is 0 Å². The van der Waals surface area contributed by atoms with E-state index in [2.05, 4.69) is 142 Å². The summed E-state index contributed by atoms with van der Waals surface area (Å²) in [6.45, 7) is 2.29. The monoisotopic (exact) mass is 1590 g/mol. The Hall–Kier alpha value is -10.9. The number of hydrogen-bond acceptors (Lipinski definition) is 19. The lowest BCUT2D eigenvalue weighted by atomic mass is 9.87. The number of aromatic amines is 1. The van der Waals surface area contributed by atoms with Gasteiger partial charge < -0.3 is 31.5 Å². The van der Waals surface area contributed by atoms with E-state index in [9.17, 15) is 10.0 Å². The lowest BCUT2D eigenvalue weighted by Crippen LogP contribution is -2.33. The van der Waals surface area contributed by atoms with E-state index in [1.54, 1.807) is 82.6 Å². The van der Waals surface area contributed by atoms with E-state index in [1.807, 2.05) is 144 Å². The number of pyridine rings is 2. The van der Waals surface area contributed by atoms with Crippen LogP contribution < -0.4 is 36.9 Å². The molecule has 0 unspecified atom stereocenters. The van der Waals surface area contributed by atoms with Crippen LogP contribution in [0.4, 0.5) is 29.1 Å². The quantitative estimate of drug-likeness (QED) is 0.0329. The normalized spacial score (nSPS) is 12.1. The van der Waals surface area contributed by atoms with E-state index in [1.165, 1.54) is 38.4 Å². The average molecular weight is 1590 g/mol. The fraction of sp³-hybridized carbons (Fsp3) is 0.155. The summed E-state index contributed by atoms with van der Waals surface area (Å²) in [4.78, 5) is 49.2. The van der Waals surface area contributed by atoms with E-state index < -0.39 is 0 Å². The van der Waals surface area contributed by atoms with Crippen LogP contribution in [0.25, 0.3) is 56.4 Å². The van der Waals surface area contributed by atoms with Gasteiger partial charge in [0.15, 0.2) is 22.6 Å². The van der Waals surface area contributed by atoms with Gasteiger partial charge in [-0.25, -0.2) is 39.9 Å². The first-order chi connectivity index (χ1) is 49.0. The molecule has 0 bridgehead atoms. The van der Waals surface area contributed by atoms with Crippen LogP contribution in [-0.4, -0.2) is 95.6 Å². The number of rotatable bonds is 17. The molecule has 29 heteroatoms. The number of halogens is 4. The Morgan fingerprint density at radius 2 is 0.850 bits per heavy atom. The molecule has 0 spiro atoms. The van der Waals surface area contributed by atoms with Crippen LogP contribution in [0.2, 0.25) is 0 Å². The lowest BCUT2D eigenvalue weighted by molar-refractivity contribution is -0.893. The standard InChI is InChI=1S/C19H17BrN6O.C18H14BrN5O.C17H19BrN6.C17H13BrN6/c1-21-17-8-7-13(12-25(17)27)10-22-18-9-16(14-5-3-2-4-6-14)24-19-15(20)11-23-26(18)19;19-14-11-22-24-16(21-10-12-6-7-20-17(25)8-12)9-15(23-18(14)24)13-4-2-1-3-5-13;2*18-14-10-22-24-16(21-9-12-7-19-11-20-8-12)6-15(23-17(14)24)13-4-2-1-3-5-13/h2-9,11-12,27H,10H2,1H3,(H,22,23,24);1-9,11,21H,10H2,(H,20,25);6-8,10-11,13,21H,1-5,9H2;1-8,10-11,21H,9H2/p+1. The number of anilines is 5. The molecule has 7 N–H and O–H groups in total. The molecule has 25 nitrogen and oxygen atoms in total. The summed E-state index contributed by atoms with van der Waals surface area (Å²) < 4.78 is 11.6. The maximum atomic E-state index is 11.4. The molecule has 1 aliphatic carbocycles. The van der Waals surface area contributed by atoms with E-state index in [0.29, 0.717) is 37.9 Å². The third-order valence-electron chi connectivity index (χ3n) is 16.2. The largest absolute Gasteiger partial charge is 0.366 e. The van der Waals surface area contributed by atoms with Gasteiger partial charge in [0, 0.05) is 139 Å². The number of nitrogens with one attached hydrogen (secondary N) is 6. The van der Waals surface area contributed by atoms with Gasteiger partial charge in [0.2, 0.25) is 5.56 Å². The smallest absolute Gasteiger partial charge is 0.313 e. The lowest BCUT2D eigenvalue weighted by Gasteiger charge is -2.22. The number of nitrogens with zero attached hydrogens (tertiary/aromatic N) is 17. The van der Waals surface area contributed by atoms with Crippen molar-refractivity contribution in [3.05, 3.63) is 270 Å². The molecule has 1 saturated carbocycles. The summed E-state index contributed by atoms with van der Waals surface area (Å²) in [5.74, 6) is 4.59. The fourth-order valence-corrected chi connectivity index (χ4v) is 12.6. The Morgan fingerprint density at radius 3 is 1.25 bits per heavy atom. The highest BCUT2D eigenvalue weighted by Gasteiger charge is 2.21. The van der Waals surface area contributed by atoms with Crippen molar-refractivity contribution in [1.82, 2.24) is 83.3 Å². The molecule has 502 valence electrons. The number of H-pyrrole nitrogens is 1. The molecule has 0 amide bonds. The predicted molar refractivity (Wildman–Crippen MR) is 399 cm³/mol. The maximum absolute atomic E-state index is 11.4. The average Bonchev–Trinajstić information content (AvgIpc) is 1.58. The maximum Gasteiger partial charge on any atom is 0.313 e. The molecule has 0 atom stereocenters. The molecule has 15 aromatic rings. The first kappa shape index (κ1) is 67.7. The summed E-state index contributed by atoms with van der Waals surface area (Å²) in [6, 6.07) is 45.3. The summed E-state index contributed by atoms with van der Waals surface area (Å²) in [6.07, 6.45) is 26.9. The highest BCUT2D eigenvalue weighted by Crippen LogP contribution is 2.35. The second-order valence-corrected chi connectivity index (χ2v) is 26.4. The molecule has 100 heavy (non-hydrogen) atoms. The van der Waals surface area contributed by atoms with Gasteiger partial charge in [0.25, 0.3) is 0 Å². The third-order valence-corrected chi connectivity index (χ3v) is 18.4. The first-order valence-electron chi connectivity index (χ1n) is 31.8. The Kier molecular flexibility index (Phi) is 21.8. The third kappa shape index (κ3) is 16.5. The van der Waals surface area contributed by atoms with Crippen LogP contribution in [-0.2, 0) is 26.2 Å². The molecule has 16 rings (SSSR count). The minimum Gasteiger partial charge on any atom is -0.366 e. The van der Waals surface area contributed by atoms with Gasteiger partial charge in [0.1, 0.15) is 42.1 Å². The number of aromatic nitrogens is 18. The van der Waals surface area contributed by atoms with Crippen LogP contribution in [0.15, 0.2) is 237 Å². The van der Waals surface area contributed by atoms with E-state index in [0.717, 1.165) is 130 Å². The van der Waals surface area contributed by atoms with E-state index in [-0.39, 0.29) is 5.56 Å². The molecule has 12 aromatic heterocycles. The minimum absolute atomic E-state index is 0.119. The second kappa shape index (κ2) is 32.2. The van der Waals surface area contributed by atoms with Crippen molar-refractivity contribution in [3.63, 3.8) is 0 Å². The van der Waals surface area contributed by atoms with Crippen LogP contribution >= 0.6 is 63.7 Å². The molecule has 0 radical (unpaired) electrons. The van der Waals surface area contributed by atoms with Crippen molar-refractivity contribution >= 4 is 115 Å². The van der Waals surface area contributed by atoms with Gasteiger partial charge in [0.05, 0.1) is 66.8 Å². The molecule has 0 saturated heterocycles. The Labute approximate surface area is 606 Å². The zero-order valence-corrected chi connectivity index (χ0v) is 60.0. The Morgan fingerprint density at radius 1 is 0.460 bits per heavy atom. The van der Waals surface area contributed by atoms with Crippen molar-refractivity contribution in [2.45, 2.75) is 64.2 Å².